The molecule has 0 amide bonds. The van der Waals surface area contributed by atoms with E-state index in [-0.39, 0.29) is 5.88 Å². The van der Waals surface area contributed by atoms with Crippen molar-refractivity contribution in [3.63, 3.8) is 0 Å². The van der Waals surface area contributed by atoms with E-state index in [1.54, 1.807) is 12.3 Å². The van der Waals surface area contributed by atoms with E-state index in [4.69, 9.17) is 0 Å². The van der Waals surface area contributed by atoms with Gasteiger partial charge in [-0.1, -0.05) is 13.3 Å². The van der Waals surface area contributed by atoms with Gasteiger partial charge in [-0.15, -0.1) is 5.10 Å². The van der Waals surface area contributed by atoms with Crippen LogP contribution in [0.15, 0.2) is 23.2 Å². The zero-order valence-electron chi connectivity index (χ0n) is 12.3. The van der Waals surface area contributed by atoms with Gasteiger partial charge in [-0.3, -0.25) is 10.1 Å². The number of halogens is 2. The average molecular weight is 309 g/mol. The highest BCUT2D eigenvalue weighted by Crippen LogP contribution is 2.23. The maximum atomic E-state index is 12.1. The van der Waals surface area contributed by atoms with Crippen LogP contribution in [0.1, 0.15) is 26.0 Å². The van der Waals surface area contributed by atoms with E-state index < -0.39 is 6.61 Å². The quantitative estimate of drug-likeness (QED) is 0.762. The Balaban J connectivity index is 2.15. The summed E-state index contributed by atoms with van der Waals surface area (Å²) in [5.41, 5.74) is 1.69. The number of rotatable bonds is 7. The number of hydrogen-bond donors (Lipinski definition) is 2. The molecule has 22 heavy (non-hydrogen) atoms. The van der Waals surface area contributed by atoms with Gasteiger partial charge >= 0.3 is 6.61 Å². The molecule has 0 saturated heterocycles. The number of H-pyrrole nitrogens is 1. The maximum Gasteiger partial charge on any atom is 0.388 e. The van der Waals surface area contributed by atoms with Crippen LogP contribution in [0.2, 0.25) is 0 Å². The fourth-order valence-corrected chi connectivity index (χ4v) is 1.90. The molecule has 6 nitrogen and oxygen atoms in total. The van der Waals surface area contributed by atoms with Crippen LogP contribution in [0.3, 0.4) is 0 Å². The molecule has 2 aromatic heterocycles. The van der Waals surface area contributed by atoms with Crippen molar-refractivity contribution in [2.24, 2.45) is 4.99 Å². The van der Waals surface area contributed by atoms with Gasteiger partial charge in [0.25, 0.3) is 0 Å². The first-order valence-electron chi connectivity index (χ1n) is 6.88. The molecule has 0 aromatic carbocycles. The Morgan fingerprint density at radius 3 is 2.95 bits per heavy atom. The van der Waals surface area contributed by atoms with Crippen molar-refractivity contribution < 1.29 is 13.5 Å². The monoisotopic (exact) mass is 309 g/mol. The fourth-order valence-electron chi connectivity index (χ4n) is 1.90. The van der Waals surface area contributed by atoms with Gasteiger partial charge in [0.1, 0.15) is 11.6 Å². The van der Waals surface area contributed by atoms with Crippen molar-refractivity contribution in [3.05, 3.63) is 23.9 Å². The molecule has 0 unspecified atom stereocenters. The summed E-state index contributed by atoms with van der Waals surface area (Å²) in [6, 6.07) is 4.95. The van der Waals surface area contributed by atoms with Gasteiger partial charge in [-0.2, -0.15) is 8.78 Å². The Hall–Kier alpha value is -2.51. The fraction of sp³-hybridized carbons (Fsp3) is 0.357. The van der Waals surface area contributed by atoms with Crippen molar-refractivity contribution >= 4 is 23.5 Å². The molecular weight excluding hydrogens is 292 g/mol. The van der Waals surface area contributed by atoms with Gasteiger partial charge in [0.2, 0.25) is 5.88 Å². The lowest BCUT2D eigenvalue weighted by atomic mass is 10.2. The molecule has 2 aromatic rings. The van der Waals surface area contributed by atoms with E-state index in [1.165, 1.54) is 6.07 Å². The molecule has 0 atom stereocenters. The highest BCUT2D eigenvalue weighted by atomic mass is 19.3. The van der Waals surface area contributed by atoms with Crippen molar-refractivity contribution in [2.45, 2.75) is 33.3 Å². The van der Waals surface area contributed by atoms with E-state index in [0.717, 1.165) is 24.2 Å². The second-order valence-corrected chi connectivity index (χ2v) is 4.42. The molecule has 8 heteroatoms. The van der Waals surface area contributed by atoms with Crippen LogP contribution in [0.4, 0.5) is 26.1 Å². The van der Waals surface area contributed by atoms with Gasteiger partial charge in [0.15, 0.2) is 0 Å². The molecule has 0 aliphatic carbocycles. The van der Waals surface area contributed by atoms with E-state index in [1.807, 2.05) is 13.0 Å². The molecule has 2 rings (SSSR count). The lowest BCUT2D eigenvalue weighted by Crippen LogP contribution is -2.01. The molecule has 2 N–H and O–H groups in total. The number of aliphatic imine (C=N–C) groups is 1. The van der Waals surface area contributed by atoms with Gasteiger partial charge in [0.05, 0.1) is 11.4 Å². The van der Waals surface area contributed by atoms with Gasteiger partial charge in [-0.25, -0.2) is 4.98 Å². The highest BCUT2D eigenvalue weighted by molar-refractivity contribution is 5.63. The summed E-state index contributed by atoms with van der Waals surface area (Å²) in [6.07, 6.45) is 3.45. The molecule has 0 bridgehead atoms. The topological polar surface area (TPSA) is 75.2 Å². The molecule has 0 aliphatic rings. The second-order valence-electron chi connectivity index (χ2n) is 4.42. The number of aromatic amines is 1. The minimum Gasteiger partial charge on any atom is -0.415 e. The lowest BCUT2D eigenvalue weighted by Gasteiger charge is -2.07. The first-order valence-corrected chi connectivity index (χ1v) is 6.88. The van der Waals surface area contributed by atoms with Crippen LogP contribution in [0, 0.1) is 0 Å². The summed E-state index contributed by atoms with van der Waals surface area (Å²) in [4.78, 5) is 8.76. The van der Waals surface area contributed by atoms with Crippen LogP contribution in [-0.4, -0.2) is 28.0 Å². The zero-order chi connectivity index (χ0) is 15.9. The van der Waals surface area contributed by atoms with Gasteiger partial charge < -0.3 is 10.1 Å². The molecule has 0 fully saturated rings. The third-order valence-electron chi connectivity index (χ3n) is 2.73. The summed E-state index contributed by atoms with van der Waals surface area (Å²) in [7, 11) is 0. The minimum absolute atomic E-state index is 0.182. The number of nitrogens with zero attached hydrogens (tertiary/aromatic N) is 3. The Labute approximate surface area is 126 Å². The Bertz CT molecular complexity index is 642. The summed E-state index contributed by atoms with van der Waals surface area (Å²) in [5.74, 6) is 0.807. The van der Waals surface area contributed by atoms with E-state index >= 15 is 0 Å². The molecule has 2 heterocycles. The van der Waals surface area contributed by atoms with Crippen LogP contribution >= 0.6 is 0 Å². The van der Waals surface area contributed by atoms with Crippen LogP contribution in [-0.2, 0) is 6.42 Å². The first kappa shape index (κ1) is 15.9. The molecule has 0 saturated carbocycles. The first-order chi connectivity index (χ1) is 10.6. The molecule has 0 aliphatic heterocycles. The van der Waals surface area contributed by atoms with Crippen molar-refractivity contribution in [3.8, 4) is 5.88 Å². The van der Waals surface area contributed by atoms with E-state index in [9.17, 15) is 8.78 Å². The van der Waals surface area contributed by atoms with Crippen molar-refractivity contribution in [2.75, 3.05) is 5.32 Å². The number of alkyl halides is 2. The number of hydrogen-bond acceptors (Lipinski definition) is 5. The third-order valence-corrected chi connectivity index (χ3v) is 2.73. The summed E-state index contributed by atoms with van der Waals surface area (Å²) < 4.78 is 28.4. The predicted octanol–water partition coefficient (Wildman–Crippen LogP) is 3.82. The number of nitrogens with one attached hydrogen (secondary N) is 2. The Morgan fingerprint density at radius 2 is 2.27 bits per heavy atom. The molecule has 118 valence electrons. The Morgan fingerprint density at radius 1 is 1.45 bits per heavy atom. The summed E-state index contributed by atoms with van der Waals surface area (Å²) in [5, 5.41) is 9.14. The van der Waals surface area contributed by atoms with E-state index in [0.29, 0.717) is 11.6 Å². The van der Waals surface area contributed by atoms with Crippen LogP contribution in [0.5, 0.6) is 5.88 Å². The maximum absolute atomic E-state index is 12.1. The van der Waals surface area contributed by atoms with Crippen molar-refractivity contribution in [1.82, 2.24) is 15.2 Å². The average Bonchev–Trinajstić information content (AvgIpc) is 2.88. The van der Waals surface area contributed by atoms with Crippen LogP contribution < -0.4 is 10.1 Å². The van der Waals surface area contributed by atoms with Gasteiger partial charge in [0, 0.05) is 12.3 Å². The standard InChI is InChI=1S/C14H17F2N5O/c1-3-5-10-9(17-4-2)6-7-11(18-10)19-12-8-13(21-20-12)22-14(15)16/h4,6-8,14H,3,5H2,1-2H3,(H2,18,19,20,21). The van der Waals surface area contributed by atoms with Crippen molar-refractivity contribution in [1.29, 1.82) is 0 Å². The normalized spacial score (nSPS) is 11.3. The molecule has 0 spiro atoms. The van der Waals surface area contributed by atoms with E-state index in [2.05, 4.69) is 37.2 Å². The third kappa shape index (κ3) is 4.24. The lowest BCUT2D eigenvalue weighted by molar-refractivity contribution is -0.0528. The number of ether oxygens (including phenoxy) is 1. The molecular formula is C14H17F2N5O. The predicted molar refractivity (Wildman–Crippen MR) is 80.6 cm³/mol. The number of pyridine rings is 1. The smallest absolute Gasteiger partial charge is 0.388 e. The SMILES string of the molecule is CC=Nc1ccc(Nc2cc(OC(F)F)n[nH]2)nc1CCC. The molecule has 0 radical (unpaired) electrons. The highest BCUT2D eigenvalue weighted by Gasteiger charge is 2.09. The zero-order valence-corrected chi connectivity index (χ0v) is 12.3. The minimum atomic E-state index is -2.91. The number of anilines is 2. The Kier molecular flexibility index (Phi) is 5.40. The number of aromatic nitrogens is 3. The number of aryl methyl sites for hydroxylation is 1. The largest absolute Gasteiger partial charge is 0.415 e. The second kappa shape index (κ2) is 7.48. The summed E-state index contributed by atoms with van der Waals surface area (Å²) in [6.45, 7) is 0.998. The van der Waals surface area contributed by atoms with Crippen LogP contribution in [0.25, 0.3) is 0 Å². The van der Waals surface area contributed by atoms with Gasteiger partial charge in [-0.05, 0) is 25.5 Å². The summed E-state index contributed by atoms with van der Waals surface area (Å²) >= 11 is 0.